The van der Waals surface area contributed by atoms with E-state index in [1.165, 1.54) is 11.1 Å². The van der Waals surface area contributed by atoms with E-state index in [9.17, 15) is 9.90 Å². The molecule has 1 unspecified atom stereocenters. The minimum absolute atomic E-state index is 0.133. The second-order valence-corrected chi connectivity index (χ2v) is 7.68. The molecule has 1 heterocycles. The first-order valence-electron chi connectivity index (χ1n) is 8.85. The number of aryl methyl sites for hydroxylation is 2. The topological polar surface area (TPSA) is 64.6 Å². The van der Waals surface area contributed by atoms with Crippen LogP contribution in [0, 0.1) is 13.8 Å². The molecule has 0 fully saturated rings. The maximum atomic E-state index is 12.1. The molecule has 6 heteroatoms. The molecule has 0 saturated heterocycles. The predicted molar refractivity (Wildman–Crippen MR) is 108 cm³/mol. The van der Waals surface area contributed by atoms with Gasteiger partial charge in [0.15, 0.2) is 0 Å². The van der Waals surface area contributed by atoms with Gasteiger partial charge in [-0.25, -0.2) is 4.79 Å². The molecule has 142 valence electrons. The van der Waals surface area contributed by atoms with Gasteiger partial charge in [0, 0.05) is 19.1 Å². The highest BCUT2D eigenvalue weighted by Gasteiger charge is 2.16. The van der Waals surface area contributed by atoms with Crippen LogP contribution in [0.5, 0.6) is 5.75 Å². The van der Waals surface area contributed by atoms with Crippen molar-refractivity contribution in [3.63, 3.8) is 0 Å². The van der Waals surface area contributed by atoms with Crippen LogP contribution in [0.4, 0.5) is 4.79 Å². The molecule has 0 radical (unpaired) electrons. The Morgan fingerprint density at radius 2 is 1.92 bits per heavy atom. The summed E-state index contributed by atoms with van der Waals surface area (Å²) in [7, 11) is 4.04. The molecule has 1 aromatic heterocycles. The fraction of sp³-hybridized carbons (Fsp3) is 0.450. The Kier molecular flexibility index (Phi) is 7.48. The van der Waals surface area contributed by atoms with Crippen molar-refractivity contribution in [2.45, 2.75) is 32.7 Å². The molecule has 2 amide bonds. The van der Waals surface area contributed by atoms with E-state index in [0.29, 0.717) is 18.8 Å². The number of benzene rings is 1. The normalized spacial score (nSPS) is 12.2. The van der Waals surface area contributed by atoms with Crippen LogP contribution in [-0.2, 0) is 12.8 Å². The van der Waals surface area contributed by atoms with E-state index in [1.54, 1.807) is 23.5 Å². The molecule has 0 spiro atoms. The number of nitrogens with one attached hydrogen (secondary N) is 2. The molecule has 1 atom stereocenters. The number of hydrogen-bond acceptors (Lipinski definition) is 4. The Balaban J connectivity index is 1.85. The molecular weight excluding hydrogens is 346 g/mol. The van der Waals surface area contributed by atoms with Gasteiger partial charge in [-0.05, 0) is 92.0 Å². The highest BCUT2D eigenvalue weighted by atomic mass is 32.1. The zero-order chi connectivity index (χ0) is 19.1. The second-order valence-electron chi connectivity index (χ2n) is 6.90. The Labute approximate surface area is 160 Å². The molecule has 0 saturated carbocycles. The molecule has 5 nitrogen and oxygen atoms in total. The maximum Gasteiger partial charge on any atom is 0.314 e. The van der Waals surface area contributed by atoms with Gasteiger partial charge < -0.3 is 20.6 Å². The number of aromatic hydroxyl groups is 1. The van der Waals surface area contributed by atoms with Crippen LogP contribution in [0.2, 0.25) is 0 Å². The average molecular weight is 376 g/mol. The summed E-state index contributed by atoms with van der Waals surface area (Å²) in [5.74, 6) is 0.299. The van der Waals surface area contributed by atoms with Crippen molar-refractivity contribution < 1.29 is 9.90 Å². The summed E-state index contributed by atoms with van der Waals surface area (Å²) in [5, 5.41) is 19.7. The third-order valence-corrected chi connectivity index (χ3v) is 5.36. The van der Waals surface area contributed by atoms with Crippen molar-refractivity contribution in [2.75, 3.05) is 27.2 Å². The van der Waals surface area contributed by atoms with Gasteiger partial charge in [0.25, 0.3) is 0 Å². The number of nitrogens with zero attached hydrogens (tertiary/aromatic N) is 1. The fourth-order valence-corrected chi connectivity index (χ4v) is 3.70. The number of hydrogen-bond donors (Lipinski definition) is 3. The number of thiophene rings is 1. The van der Waals surface area contributed by atoms with Crippen LogP contribution in [0.15, 0.2) is 29.0 Å². The lowest BCUT2D eigenvalue weighted by atomic mass is 9.95. The van der Waals surface area contributed by atoms with Gasteiger partial charge in [-0.1, -0.05) is 0 Å². The van der Waals surface area contributed by atoms with Crippen molar-refractivity contribution in [1.82, 2.24) is 15.5 Å². The van der Waals surface area contributed by atoms with Crippen LogP contribution in [0.3, 0.4) is 0 Å². The highest BCUT2D eigenvalue weighted by molar-refractivity contribution is 7.07. The monoisotopic (exact) mass is 375 g/mol. The average Bonchev–Trinajstić information content (AvgIpc) is 3.06. The van der Waals surface area contributed by atoms with Crippen LogP contribution < -0.4 is 10.6 Å². The van der Waals surface area contributed by atoms with Crippen LogP contribution in [-0.4, -0.2) is 49.3 Å². The number of phenolic OH excluding ortho intramolecular Hbond substituents is 1. The number of carbonyl (C=O) groups is 1. The van der Waals surface area contributed by atoms with Crippen LogP contribution in [0.25, 0.3) is 0 Å². The predicted octanol–water partition coefficient (Wildman–Crippen LogP) is 3.09. The van der Waals surface area contributed by atoms with Gasteiger partial charge in [-0.3, -0.25) is 0 Å². The summed E-state index contributed by atoms with van der Waals surface area (Å²) in [6.45, 7) is 5.22. The van der Waals surface area contributed by atoms with Gasteiger partial charge in [0.2, 0.25) is 0 Å². The van der Waals surface area contributed by atoms with E-state index in [2.05, 4.69) is 27.0 Å². The van der Waals surface area contributed by atoms with Crippen molar-refractivity contribution >= 4 is 17.4 Å². The van der Waals surface area contributed by atoms with Crippen molar-refractivity contribution in [3.8, 4) is 5.75 Å². The Morgan fingerprint density at radius 1 is 1.23 bits per heavy atom. The quantitative estimate of drug-likeness (QED) is 0.664. The standard InChI is InChI=1S/C20H29N3O2S/c1-14-9-18(24)10-15(2)19(14)11-17(23(3)4)12-22-20(25)21-7-5-16-6-8-26-13-16/h6,8-10,13,17,24H,5,7,11-12H2,1-4H3,(H2,21,22,25). The van der Waals surface area contributed by atoms with E-state index < -0.39 is 0 Å². The third kappa shape index (κ3) is 6.04. The van der Waals surface area contributed by atoms with E-state index in [-0.39, 0.29) is 12.1 Å². The summed E-state index contributed by atoms with van der Waals surface area (Å²) in [6.07, 6.45) is 1.67. The second kappa shape index (κ2) is 9.59. The molecule has 2 rings (SSSR count). The zero-order valence-electron chi connectivity index (χ0n) is 16.0. The smallest absolute Gasteiger partial charge is 0.314 e. The lowest BCUT2D eigenvalue weighted by molar-refractivity contribution is 0.232. The van der Waals surface area contributed by atoms with E-state index in [1.807, 2.05) is 33.3 Å². The molecule has 1 aromatic carbocycles. The van der Waals surface area contributed by atoms with E-state index in [0.717, 1.165) is 24.0 Å². The third-order valence-electron chi connectivity index (χ3n) is 4.63. The zero-order valence-corrected chi connectivity index (χ0v) is 16.8. The van der Waals surface area contributed by atoms with Gasteiger partial charge in [-0.2, -0.15) is 11.3 Å². The molecule has 3 N–H and O–H groups in total. The van der Waals surface area contributed by atoms with Gasteiger partial charge in [0.1, 0.15) is 5.75 Å². The van der Waals surface area contributed by atoms with Crippen molar-refractivity contribution in [1.29, 1.82) is 0 Å². The number of likely N-dealkylation sites (N-methyl/N-ethyl adjacent to an activating group) is 1. The SMILES string of the molecule is Cc1cc(O)cc(C)c1CC(CNC(=O)NCCc1ccsc1)N(C)C. The number of rotatable bonds is 8. The number of amides is 2. The molecule has 0 aliphatic heterocycles. The maximum absolute atomic E-state index is 12.1. The Bertz CT molecular complexity index is 691. The minimum Gasteiger partial charge on any atom is -0.508 e. The van der Waals surface area contributed by atoms with Gasteiger partial charge in [0.05, 0.1) is 0 Å². The van der Waals surface area contributed by atoms with E-state index >= 15 is 0 Å². The van der Waals surface area contributed by atoms with E-state index in [4.69, 9.17) is 0 Å². The lowest BCUT2D eigenvalue weighted by Crippen LogP contribution is -2.45. The first-order chi connectivity index (χ1) is 12.4. The summed E-state index contributed by atoms with van der Waals surface area (Å²) in [4.78, 5) is 14.2. The number of urea groups is 1. The first-order valence-corrected chi connectivity index (χ1v) is 9.79. The van der Waals surface area contributed by atoms with Gasteiger partial charge >= 0.3 is 6.03 Å². The number of phenols is 1. The molecule has 2 aromatic rings. The first kappa shape index (κ1) is 20.3. The molecule has 26 heavy (non-hydrogen) atoms. The molecule has 0 aliphatic rings. The summed E-state index contributed by atoms with van der Waals surface area (Å²) in [6, 6.07) is 5.71. The van der Waals surface area contributed by atoms with Crippen molar-refractivity contribution in [2.24, 2.45) is 0 Å². The largest absolute Gasteiger partial charge is 0.508 e. The highest BCUT2D eigenvalue weighted by Crippen LogP contribution is 2.22. The summed E-state index contributed by atoms with van der Waals surface area (Å²) < 4.78 is 0. The van der Waals surface area contributed by atoms with Crippen LogP contribution >= 0.6 is 11.3 Å². The molecule has 0 bridgehead atoms. The Morgan fingerprint density at radius 3 is 2.50 bits per heavy atom. The molecular formula is C20H29N3O2S. The molecule has 0 aliphatic carbocycles. The lowest BCUT2D eigenvalue weighted by Gasteiger charge is -2.26. The minimum atomic E-state index is -0.133. The van der Waals surface area contributed by atoms with Gasteiger partial charge in [-0.15, -0.1) is 0 Å². The fourth-order valence-electron chi connectivity index (χ4n) is 2.99. The summed E-state index contributed by atoms with van der Waals surface area (Å²) in [5.41, 5.74) is 4.63. The van der Waals surface area contributed by atoms with Crippen molar-refractivity contribution in [3.05, 3.63) is 51.2 Å². The Hall–Kier alpha value is -2.05. The number of carbonyl (C=O) groups excluding carboxylic acids is 1. The summed E-state index contributed by atoms with van der Waals surface area (Å²) >= 11 is 1.67. The van der Waals surface area contributed by atoms with Crippen LogP contribution in [0.1, 0.15) is 22.3 Å².